The molecule has 1 radical (unpaired) electrons. The first-order chi connectivity index (χ1) is 8.53. The molecule has 97 valence electrons. The van der Waals surface area contributed by atoms with Gasteiger partial charge >= 0.3 is 5.97 Å². The van der Waals surface area contributed by atoms with Crippen molar-refractivity contribution in [1.82, 2.24) is 4.31 Å². The lowest BCUT2D eigenvalue weighted by atomic mass is 10.2. The van der Waals surface area contributed by atoms with Crippen LogP contribution in [0.1, 0.15) is 23.2 Å². The van der Waals surface area contributed by atoms with Gasteiger partial charge < -0.3 is 5.11 Å². The summed E-state index contributed by atoms with van der Waals surface area (Å²) < 4.78 is 26.1. The maximum absolute atomic E-state index is 12.4. The van der Waals surface area contributed by atoms with Gasteiger partial charge in [0.15, 0.2) is 0 Å². The number of sulfonamides is 1. The maximum Gasteiger partial charge on any atom is 0.337 e. The van der Waals surface area contributed by atoms with Crippen LogP contribution in [0.25, 0.3) is 0 Å². The minimum absolute atomic E-state index is 0.126. The van der Waals surface area contributed by atoms with Crippen LogP contribution in [0.4, 0.5) is 0 Å². The third kappa shape index (κ3) is 2.39. The predicted octanol–water partition coefficient (Wildman–Crippen LogP) is 1.37. The smallest absolute Gasteiger partial charge is 0.337 e. The highest BCUT2D eigenvalue weighted by Gasteiger charge is 2.29. The zero-order valence-corrected chi connectivity index (χ0v) is 10.6. The van der Waals surface area contributed by atoms with Crippen molar-refractivity contribution in [3.05, 3.63) is 36.2 Å². The Kier molecular flexibility index (Phi) is 3.68. The van der Waals surface area contributed by atoms with Crippen molar-refractivity contribution in [2.75, 3.05) is 13.1 Å². The summed E-state index contributed by atoms with van der Waals surface area (Å²) in [5, 5.41) is 9.04. The fourth-order valence-electron chi connectivity index (χ4n) is 1.97. The van der Waals surface area contributed by atoms with E-state index in [1.54, 1.807) is 0 Å². The number of aromatic carboxylic acids is 1. The summed E-state index contributed by atoms with van der Waals surface area (Å²) in [5.41, 5.74) is -0.174. The number of carbonyl (C=O) groups is 1. The Hall–Kier alpha value is -1.40. The monoisotopic (exact) mass is 268 g/mol. The molecule has 1 aliphatic rings. The number of hydrogen-bond donors (Lipinski definition) is 1. The fraction of sp³-hybridized carbons (Fsp3) is 0.333. The van der Waals surface area contributed by atoms with Crippen LogP contribution in [-0.2, 0) is 10.0 Å². The fourth-order valence-corrected chi connectivity index (χ4v) is 3.63. The summed E-state index contributed by atoms with van der Waals surface area (Å²) in [6.45, 7) is 0.826. The molecule has 0 amide bonds. The van der Waals surface area contributed by atoms with Crippen molar-refractivity contribution >= 4 is 16.0 Å². The zero-order valence-electron chi connectivity index (χ0n) is 9.74. The molecule has 1 fully saturated rings. The highest BCUT2D eigenvalue weighted by Crippen LogP contribution is 2.23. The van der Waals surface area contributed by atoms with Gasteiger partial charge in [0.25, 0.3) is 0 Å². The van der Waals surface area contributed by atoms with Gasteiger partial charge in [-0.05, 0) is 31.4 Å². The summed E-state index contributed by atoms with van der Waals surface area (Å²) in [5.74, 6) is -1.22. The Balaban J connectivity index is 2.43. The molecular formula is C12H14NO4S. The van der Waals surface area contributed by atoms with E-state index in [1.807, 2.05) is 6.42 Å². The molecule has 2 rings (SSSR count). The van der Waals surface area contributed by atoms with Gasteiger partial charge in [-0.2, -0.15) is 4.31 Å². The Morgan fingerprint density at radius 3 is 2.39 bits per heavy atom. The summed E-state index contributed by atoms with van der Waals surface area (Å²) in [6, 6.07) is 5.71. The molecule has 0 atom stereocenters. The molecular weight excluding hydrogens is 254 g/mol. The number of benzene rings is 1. The number of piperidine rings is 1. The molecule has 1 aromatic carbocycles. The van der Waals surface area contributed by atoms with Crippen LogP contribution in [0.3, 0.4) is 0 Å². The lowest BCUT2D eigenvalue weighted by molar-refractivity contribution is 0.0692. The number of hydrogen-bond acceptors (Lipinski definition) is 3. The van der Waals surface area contributed by atoms with Crippen molar-refractivity contribution in [3.63, 3.8) is 0 Å². The minimum atomic E-state index is -3.71. The van der Waals surface area contributed by atoms with E-state index in [9.17, 15) is 13.2 Å². The highest BCUT2D eigenvalue weighted by molar-refractivity contribution is 7.89. The Labute approximate surface area is 106 Å². The second-order valence-corrected chi connectivity index (χ2v) is 5.98. The molecule has 0 unspecified atom stereocenters. The molecule has 0 aliphatic carbocycles. The highest BCUT2D eigenvalue weighted by atomic mass is 32.2. The topological polar surface area (TPSA) is 74.7 Å². The van der Waals surface area contributed by atoms with Gasteiger partial charge in [0.1, 0.15) is 0 Å². The van der Waals surface area contributed by atoms with Gasteiger partial charge in [0, 0.05) is 13.1 Å². The second kappa shape index (κ2) is 5.07. The van der Waals surface area contributed by atoms with Crippen LogP contribution in [0, 0.1) is 6.42 Å². The van der Waals surface area contributed by atoms with Crippen molar-refractivity contribution in [2.24, 2.45) is 0 Å². The first-order valence-electron chi connectivity index (χ1n) is 5.67. The van der Waals surface area contributed by atoms with E-state index >= 15 is 0 Å². The molecule has 1 saturated heterocycles. The lowest BCUT2D eigenvalue weighted by Gasteiger charge is -2.26. The average Bonchev–Trinajstić information content (AvgIpc) is 2.39. The van der Waals surface area contributed by atoms with Crippen molar-refractivity contribution < 1.29 is 18.3 Å². The van der Waals surface area contributed by atoms with E-state index in [0.29, 0.717) is 25.9 Å². The largest absolute Gasteiger partial charge is 0.478 e. The standard InChI is InChI=1S/C12H14NO4S/c14-12(15)10-6-2-3-7-11(10)18(16,17)13-8-4-1-5-9-13/h1-3,6-7H,4-5,8-9H2,(H,14,15). The molecule has 1 heterocycles. The molecule has 0 saturated carbocycles. The Morgan fingerprint density at radius 1 is 1.17 bits per heavy atom. The van der Waals surface area contributed by atoms with Crippen LogP contribution in [0.2, 0.25) is 0 Å². The van der Waals surface area contributed by atoms with Gasteiger partial charge in [0.2, 0.25) is 10.0 Å². The molecule has 0 spiro atoms. The van der Waals surface area contributed by atoms with Gasteiger partial charge in [0.05, 0.1) is 10.5 Å². The van der Waals surface area contributed by atoms with E-state index in [2.05, 4.69) is 0 Å². The SMILES string of the molecule is O=C(O)c1ccccc1S(=O)(=O)N1CC[CH]CC1. The predicted molar refractivity (Wildman–Crippen MR) is 65.7 cm³/mol. The quantitative estimate of drug-likeness (QED) is 0.898. The van der Waals surface area contributed by atoms with Crippen LogP contribution in [0.5, 0.6) is 0 Å². The summed E-state index contributed by atoms with van der Waals surface area (Å²) in [6.07, 6.45) is 3.44. The first-order valence-corrected chi connectivity index (χ1v) is 7.11. The van der Waals surface area contributed by atoms with Gasteiger partial charge in [-0.3, -0.25) is 0 Å². The first kappa shape index (κ1) is 13.0. The number of rotatable bonds is 3. The summed E-state index contributed by atoms with van der Waals surface area (Å²) in [7, 11) is -3.71. The zero-order chi connectivity index (χ0) is 13.2. The van der Waals surface area contributed by atoms with Crippen LogP contribution >= 0.6 is 0 Å². The minimum Gasteiger partial charge on any atom is -0.478 e. The normalized spacial score (nSPS) is 17.6. The van der Waals surface area contributed by atoms with Gasteiger partial charge in [-0.1, -0.05) is 12.1 Å². The van der Waals surface area contributed by atoms with E-state index in [0.717, 1.165) is 0 Å². The molecule has 18 heavy (non-hydrogen) atoms. The molecule has 6 heteroatoms. The molecule has 0 aromatic heterocycles. The maximum atomic E-state index is 12.4. The van der Waals surface area contributed by atoms with E-state index < -0.39 is 16.0 Å². The summed E-state index contributed by atoms with van der Waals surface area (Å²) >= 11 is 0. The van der Waals surface area contributed by atoms with Crippen molar-refractivity contribution in [1.29, 1.82) is 0 Å². The summed E-state index contributed by atoms with van der Waals surface area (Å²) in [4.78, 5) is 10.9. The van der Waals surface area contributed by atoms with Crippen LogP contribution in [-0.4, -0.2) is 36.9 Å². The molecule has 1 aliphatic heterocycles. The third-order valence-electron chi connectivity index (χ3n) is 2.90. The number of nitrogens with zero attached hydrogens (tertiary/aromatic N) is 1. The second-order valence-electron chi connectivity index (χ2n) is 4.07. The molecule has 1 aromatic rings. The molecule has 5 nitrogen and oxygen atoms in total. The van der Waals surface area contributed by atoms with Crippen molar-refractivity contribution in [3.8, 4) is 0 Å². The van der Waals surface area contributed by atoms with Crippen LogP contribution in [0.15, 0.2) is 29.2 Å². The van der Waals surface area contributed by atoms with E-state index in [4.69, 9.17) is 5.11 Å². The van der Waals surface area contributed by atoms with Crippen molar-refractivity contribution in [2.45, 2.75) is 17.7 Å². The van der Waals surface area contributed by atoms with Gasteiger partial charge in [-0.15, -0.1) is 0 Å². The average molecular weight is 268 g/mol. The van der Waals surface area contributed by atoms with E-state index in [1.165, 1.54) is 28.6 Å². The number of carboxylic acids is 1. The Morgan fingerprint density at radius 2 is 1.78 bits per heavy atom. The lowest BCUT2D eigenvalue weighted by Crippen LogP contribution is -2.36. The molecule has 1 N–H and O–H groups in total. The van der Waals surface area contributed by atoms with Crippen LogP contribution < -0.4 is 0 Å². The Bertz CT molecular complexity index is 547. The van der Waals surface area contributed by atoms with Gasteiger partial charge in [-0.25, -0.2) is 13.2 Å². The molecule has 0 bridgehead atoms. The van der Waals surface area contributed by atoms with E-state index in [-0.39, 0.29) is 10.5 Å². The number of carboxylic acid groups (broad SMARTS) is 1. The third-order valence-corrected chi connectivity index (χ3v) is 4.86.